The lowest BCUT2D eigenvalue weighted by atomic mass is 9.89. The summed E-state index contributed by atoms with van der Waals surface area (Å²) in [6, 6.07) is 8.29. The first-order chi connectivity index (χ1) is 8.67. The molecule has 18 heavy (non-hydrogen) atoms. The van der Waals surface area contributed by atoms with Crippen molar-refractivity contribution in [3.63, 3.8) is 0 Å². The fourth-order valence-electron chi connectivity index (χ4n) is 2.14. The van der Waals surface area contributed by atoms with E-state index in [1.807, 2.05) is 31.2 Å². The first-order valence-electron chi connectivity index (χ1n) is 6.43. The number of amides is 1. The van der Waals surface area contributed by atoms with Crippen molar-refractivity contribution in [3.05, 3.63) is 24.3 Å². The van der Waals surface area contributed by atoms with Crippen LogP contribution in [0.5, 0.6) is 0 Å². The fraction of sp³-hybridized carbons (Fsp3) is 0.500. The van der Waals surface area contributed by atoms with Crippen molar-refractivity contribution in [2.75, 3.05) is 17.2 Å². The molecule has 1 aromatic carbocycles. The smallest absolute Gasteiger partial charge is 0.221 e. The zero-order valence-electron chi connectivity index (χ0n) is 10.9. The van der Waals surface area contributed by atoms with Gasteiger partial charge >= 0.3 is 0 Å². The molecule has 2 rings (SSSR count). The fourth-order valence-corrected chi connectivity index (χ4v) is 2.14. The molecule has 98 valence electrons. The van der Waals surface area contributed by atoms with Gasteiger partial charge in [0.25, 0.3) is 0 Å². The van der Waals surface area contributed by atoms with Gasteiger partial charge in [-0.15, -0.1) is 0 Å². The van der Waals surface area contributed by atoms with Crippen molar-refractivity contribution >= 4 is 17.3 Å². The highest BCUT2D eigenvalue weighted by Gasteiger charge is 2.29. The zero-order valence-corrected chi connectivity index (χ0v) is 10.9. The summed E-state index contributed by atoms with van der Waals surface area (Å²) >= 11 is 0. The molecule has 0 unspecified atom stereocenters. The minimum absolute atomic E-state index is 0.0470. The molecule has 1 saturated carbocycles. The lowest BCUT2D eigenvalue weighted by Crippen LogP contribution is -2.40. The molecule has 0 aromatic heterocycles. The number of hydrogen-bond acceptors (Lipinski definition) is 3. The Morgan fingerprint density at radius 3 is 2.44 bits per heavy atom. The molecule has 1 aromatic rings. The van der Waals surface area contributed by atoms with Crippen LogP contribution in [0.1, 0.15) is 26.7 Å². The van der Waals surface area contributed by atoms with Gasteiger partial charge in [-0.3, -0.25) is 4.79 Å². The minimum atomic E-state index is -0.0470. The van der Waals surface area contributed by atoms with Crippen LogP contribution in [0.2, 0.25) is 0 Å². The monoisotopic (exact) mass is 248 g/mol. The van der Waals surface area contributed by atoms with E-state index in [-0.39, 0.29) is 5.91 Å². The Hall–Kier alpha value is -1.55. The molecule has 0 radical (unpaired) electrons. The maximum Gasteiger partial charge on any atom is 0.221 e. The summed E-state index contributed by atoms with van der Waals surface area (Å²) in [5, 5.41) is 6.20. The van der Waals surface area contributed by atoms with Crippen LogP contribution < -0.4 is 10.6 Å². The molecule has 1 amide bonds. The average molecular weight is 248 g/mol. The first-order valence-corrected chi connectivity index (χ1v) is 6.43. The summed E-state index contributed by atoms with van der Waals surface area (Å²) in [6.07, 6.45) is 2.56. The minimum Gasteiger partial charge on any atom is -0.382 e. The predicted molar refractivity (Wildman–Crippen MR) is 72.8 cm³/mol. The molecule has 2 N–H and O–H groups in total. The van der Waals surface area contributed by atoms with Crippen molar-refractivity contribution in [2.24, 2.45) is 0 Å². The Labute approximate surface area is 108 Å². The van der Waals surface area contributed by atoms with Crippen LogP contribution in [0.3, 0.4) is 0 Å². The molecule has 1 aliphatic carbocycles. The van der Waals surface area contributed by atoms with Gasteiger partial charge in [-0.2, -0.15) is 0 Å². The number of hydrogen-bond donors (Lipinski definition) is 2. The Bertz CT molecular complexity index is 397. The predicted octanol–water partition coefficient (Wildman–Crippen LogP) is 2.62. The molecule has 0 atom stereocenters. The van der Waals surface area contributed by atoms with Gasteiger partial charge in [0.1, 0.15) is 0 Å². The molecular formula is C14H20N2O2. The summed E-state index contributed by atoms with van der Waals surface area (Å²) in [7, 11) is 0. The van der Waals surface area contributed by atoms with E-state index in [1.54, 1.807) is 0 Å². The second-order valence-corrected chi connectivity index (χ2v) is 4.65. The summed E-state index contributed by atoms with van der Waals surface area (Å²) in [5.41, 5.74) is 1.91. The number of benzene rings is 1. The Morgan fingerprint density at radius 1 is 1.28 bits per heavy atom. The molecule has 0 spiro atoms. The van der Waals surface area contributed by atoms with Gasteiger partial charge in [0.2, 0.25) is 5.91 Å². The van der Waals surface area contributed by atoms with Crippen molar-refractivity contribution in [2.45, 2.75) is 38.8 Å². The number of anilines is 2. The van der Waals surface area contributed by atoms with Crippen molar-refractivity contribution in [1.29, 1.82) is 0 Å². The molecule has 1 fully saturated rings. The van der Waals surface area contributed by atoms with E-state index >= 15 is 0 Å². The third kappa shape index (κ3) is 3.47. The van der Waals surface area contributed by atoms with Crippen molar-refractivity contribution < 1.29 is 9.53 Å². The number of ether oxygens (including phenoxy) is 1. The van der Waals surface area contributed by atoms with E-state index in [2.05, 4.69) is 10.6 Å². The van der Waals surface area contributed by atoms with Gasteiger partial charge in [-0.25, -0.2) is 0 Å². The molecule has 1 aliphatic rings. The standard InChI is InChI=1S/C14H20N2O2/c1-3-18-14-8-13(9-14)16-12-6-4-11(5-7-12)15-10(2)17/h4-7,13-14,16H,3,8-9H2,1-2H3,(H,15,17). The molecule has 0 heterocycles. The number of carbonyl (C=O) groups is 1. The van der Waals surface area contributed by atoms with E-state index in [0.717, 1.165) is 30.8 Å². The van der Waals surface area contributed by atoms with E-state index in [1.165, 1.54) is 6.92 Å². The number of carbonyl (C=O) groups excluding carboxylic acids is 1. The molecule has 4 heteroatoms. The SMILES string of the molecule is CCOC1CC(Nc2ccc(NC(C)=O)cc2)C1. The average Bonchev–Trinajstić information content (AvgIpc) is 2.28. The van der Waals surface area contributed by atoms with Crippen LogP contribution >= 0.6 is 0 Å². The van der Waals surface area contributed by atoms with Gasteiger partial charge in [-0.1, -0.05) is 0 Å². The molecule has 0 aliphatic heterocycles. The lowest BCUT2D eigenvalue weighted by molar-refractivity contribution is -0.114. The van der Waals surface area contributed by atoms with Crippen LogP contribution in [-0.4, -0.2) is 24.7 Å². The van der Waals surface area contributed by atoms with Gasteiger partial charge < -0.3 is 15.4 Å². The van der Waals surface area contributed by atoms with Crippen LogP contribution in [0.4, 0.5) is 11.4 Å². The van der Waals surface area contributed by atoms with Crippen LogP contribution in [0.25, 0.3) is 0 Å². The van der Waals surface area contributed by atoms with Gasteiger partial charge in [0, 0.05) is 30.9 Å². The van der Waals surface area contributed by atoms with E-state index < -0.39 is 0 Å². The second kappa shape index (κ2) is 5.87. The Balaban J connectivity index is 1.79. The highest BCUT2D eigenvalue weighted by atomic mass is 16.5. The van der Waals surface area contributed by atoms with E-state index in [9.17, 15) is 4.79 Å². The third-order valence-electron chi connectivity index (χ3n) is 3.07. The quantitative estimate of drug-likeness (QED) is 0.842. The topological polar surface area (TPSA) is 50.4 Å². The maximum atomic E-state index is 10.9. The molecule has 0 bridgehead atoms. The van der Waals surface area contributed by atoms with Gasteiger partial charge in [0.05, 0.1) is 6.10 Å². The number of nitrogens with one attached hydrogen (secondary N) is 2. The second-order valence-electron chi connectivity index (χ2n) is 4.65. The van der Waals surface area contributed by atoms with Crippen LogP contribution in [0.15, 0.2) is 24.3 Å². The van der Waals surface area contributed by atoms with Crippen molar-refractivity contribution in [3.8, 4) is 0 Å². The Morgan fingerprint density at radius 2 is 1.89 bits per heavy atom. The maximum absolute atomic E-state index is 10.9. The van der Waals surface area contributed by atoms with Crippen LogP contribution in [-0.2, 0) is 9.53 Å². The lowest BCUT2D eigenvalue weighted by Gasteiger charge is -2.36. The molecular weight excluding hydrogens is 228 g/mol. The van der Waals surface area contributed by atoms with Gasteiger partial charge in [0.15, 0.2) is 0 Å². The largest absolute Gasteiger partial charge is 0.382 e. The summed E-state index contributed by atoms with van der Waals surface area (Å²) in [4.78, 5) is 10.9. The van der Waals surface area contributed by atoms with Crippen LogP contribution in [0, 0.1) is 0 Å². The van der Waals surface area contributed by atoms with E-state index in [4.69, 9.17) is 4.74 Å². The highest BCUT2D eigenvalue weighted by Crippen LogP contribution is 2.27. The zero-order chi connectivity index (χ0) is 13.0. The Kier molecular flexibility index (Phi) is 4.20. The first kappa shape index (κ1) is 12.9. The molecule has 4 nitrogen and oxygen atoms in total. The summed E-state index contributed by atoms with van der Waals surface area (Å²) in [5.74, 6) is -0.0470. The highest BCUT2D eigenvalue weighted by molar-refractivity contribution is 5.88. The molecule has 0 saturated heterocycles. The van der Waals surface area contributed by atoms with Gasteiger partial charge in [-0.05, 0) is 44.0 Å². The van der Waals surface area contributed by atoms with E-state index in [0.29, 0.717) is 12.1 Å². The normalized spacial score (nSPS) is 22.1. The summed E-state index contributed by atoms with van der Waals surface area (Å²) in [6.45, 7) is 4.33. The number of rotatable bonds is 5. The van der Waals surface area contributed by atoms with Crippen molar-refractivity contribution in [1.82, 2.24) is 0 Å². The summed E-state index contributed by atoms with van der Waals surface area (Å²) < 4.78 is 5.52. The third-order valence-corrected chi connectivity index (χ3v) is 3.07.